The predicted octanol–water partition coefficient (Wildman–Crippen LogP) is 3.00. The van der Waals surface area contributed by atoms with E-state index in [1.54, 1.807) is 0 Å². The highest BCUT2D eigenvalue weighted by Crippen LogP contribution is 2.47. The molecule has 0 saturated heterocycles. The van der Waals surface area contributed by atoms with Crippen molar-refractivity contribution >= 4 is 11.4 Å². The number of ketones is 1. The van der Waals surface area contributed by atoms with Crippen molar-refractivity contribution in [1.82, 2.24) is 0 Å². The van der Waals surface area contributed by atoms with Crippen LogP contribution in [0.3, 0.4) is 0 Å². The van der Waals surface area contributed by atoms with Crippen molar-refractivity contribution in [2.75, 3.05) is 0 Å². The Morgan fingerprint density at radius 3 is 2.89 bits per heavy atom. The highest BCUT2D eigenvalue weighted by atomic mass is 16.3. The van der Waals surface area contributed by atoms with Crippen molar-refractivity contribution in [2.45, 2.75) is 52.0 Å². The number of Topliss-reactive ketones (excluding diaryl/α,β-unsaturated/α-hetero) is 1. The SMILES string of the molecule is CC1=C2c3c(C)coc3CCC(C)C2(N)CC(=O)C1. The van der Waals surface area contributed by atoms with Crippen LogP contribution in [0.1, 0.15) is 50.0 Å². The molecule has 3 heteroatoms. The number of hydrogen-bond donors (Lipinski definition) is 1. The van der Waals surface area contributed by atoms with E-state index in [4.69, 9.17) is 10.2 Å². The van der Waals surface area contributed by atoms with Gasteiger partial charge >= 0.3 is 0 Å². The molecule has 1 aromatic heterocycles. The van der Waals surface area contributed by atoms with Crippen LogP contribution >= 0.6 is 0 Å². The van der Waals surface area contributed by atoms with Gasteiger partial charge in [0.05, 0.1) is 11.8 Å². The smallest absolute Gasteiger partial charge is 0.139 e. The van der Waals surface area contributed by atoms with E-state index in [1.807, 2.05) is 13.2 Å². The van der Waals surface area contributed by atoms with Crippen molar-refractivity contribution in [3.8, 4) is 0 Å². The van der Waals surface area contributed by atoms with Gasteiger partial charge in [-0.05, 0) is 37.3 Å². The standard InChI is InChI=1S/C16H21NO2/c1-9-6-12(18)7-16(17)11(3)4-5-13-14(15(9)16)10(2)8-19-13/h8,11H,4-7,17H2,1-3H3. The van der Waals surface area contributed by atoms with E-state index in [9.17, 15) is 4.79 Å². The monoisotopic (exact) mass is 259 g/mol. The van der Waals surface area contributed by atoms with Gasteiger partial charge in [-0.2, -0.15) is 0 Å². The molecule has 2 atom stereocenters. The molecule has 1 heterocycles. The number of nitrogens with two attached hydrogens (primary N) is 1. The van der Waals surface area contributed by atoms with Gasteiger partial charge in [0, 0.05) is 24.8 Å². The van der Waals surface area contributed by atoms with E-state index in [1.165, 1.54) is 11.1 Å². The Bertz CT molecular complexity index is 582. The first-order valence-electron chi connectivity index (χ1n) is 7.01. The highest BCUT2D eigenvalue weighted by Gasteiger charge is 2.45. The second-order valence-electron chi connectivity index (χ2n) is 6.24. The average molecular weight is 259 g/mol. The maximum Gasteiger partial charge on any atom is 0.139 e. The summed E-state index contributed by atoms with van der Waals surface area (Å²) in [6, 6.07) is 0. The van der Waals surface area contributed by atoms with E-state index in [0.717, 1.165) is 29.7 Å². The molecule has 0 amide bonds. The minimum absolute atomic E-state index is 0.264. The van der Waals surface area contributed by atoms with Crippen LogP contribution in [-0.4, -0.2) is 11.3 Å². The van der Waals surface area contributed by atoms with E-state index in [2.05, 4.69) is 13.8 Å². The number of allylic oxidation sites excluding steroid dienone is 1. The van der Waals surface area contributed by atoms with Gasteiger partial charge in [-0.1, -0.05) is 12.5 Å². The summed E-state index contributed by atoms with van der Waals surface area (Å²) in [7, 11) is 0. The number of rotatable bonds is 0. The van der Waals surface area contributed by atoms with Crippen molar-refractivity contribution in [3.63, 3.8) is 0 Å². The lowest BCUT2D eigenvalue weighted by Gasteiger charge is -2.40. The largest absolute Gasteiger partial charge is 0.468 e. The maximum absolute atomic E-state index is 12.0. The van der Waals surface area contributed by atoms with Gasteiger partial charge in [-0.3, -0.25) is 4.79 Å². The molecule has 0 radical (unpaired) electrons. The third-order valence-electron chi connectivity index (χ3n) is 4.83. The second-order valence-corrected chi connectivity index (χ2v) is 6.24. The van der Waals surface area contributed by atoms with Crippen LogP contribution in [0.5, 0.6) is 0 Å². The first-order chi connectivity index (χ1) is 8.93. The van der Waals surface area contributed by atoms with Crippen LogP contribution in [0.4, 0.5) is 0 Å². The lowest BCUT2D eigenvalue weighted by molar-refractivity contribution is -0.119. The first kappa shape index (κ1) is 12.7. The van der Waals surface area contributed by atoms with Gasteiger partial charge in [0.2, 0.25) is 0 Å². The topological polar surface area (TPSA) is 56.2 Å². The van der Waals surface area contributed by atoms with Crippen LogP contribution in [0, 0.1) is 12.8 Å². The fourth-order valence-corrected chi connectivity index (χ4v) is 3.75. The quantitative estimate of drug-likeness (QED) is 0.779. The van der Waals surface area contributed by atoms with Crippen LogP contribution in [0.2, 0.25) is 0 Å². The average Bonchev–Trinajstić information content (AvgIpc) is 2.61. The zero-order valence-corrected chi connectivity index (χ0v) is 11.9. The van der Waals surface area contributed by atoms with Gasteiger partial charge in [0.25, 0.3) is 0 Å². The molecule has 0 aliphatic heterocycles. The summed E-state index contributed by atoms with van der Waals surface area (Å²) in [4.78, 5) is 12.0. The maximum atomic E-state index is 12.0. The molecular formula is C16H21NO2. The van der Waals surface area contributed by atoms with Crippen LogP contribution in [0.25, 0.3) is 5.57 Å². The highest BCUT2D eigenvalue weighted by molar-refractivity contribution is 5.94. The van der Waals surface area contributed by atoms with Gasteiger partial charge in [0.1, 0.15) is 11.5 Å². The van der Waals surface area contributed by atoms with E-state index in [-0.39, 0.29) is 5.78 Å². The van der Waals surface area contributed by atoms with Crippen molar-refractivity contribution < 1.29 is 9.21 Å². The molecule has 0 saturated carbocycles. The number of fused-ring (bicyclic) bond motifs is 3. The van der Waals surface area contributed by atoms with Crippen molar-refractivity contribution in [2.24, 2.45) is 11.7 Å². The Morgan fingerprint density at radius 1 is 1.42 bits per heavy atom. The molecule has 102 valence electrons. The Labute approximate surface area is 113 Å². The van der Waals surface area contributed by atoms with Crippen LogP contribution in [0.15, 0.2) is 16.3 Å². The number of hydrogen-bond acceptors (Lipinski definition) is 3. The molecule has 3 rings (SSSR count). The summed E-state index contributed by atoms with van der Waals surface area (Å²) in [5.74, 6) is 1.60. The molecule has 0 fully saturated rings. The Balaban J connectivity index is 2.29. The second kappa shape index (κ2) is 4.07. The molecule has 2 aliphatic rings. The van der Waals surface area contributed by atoms with E-state index in [0.29, 0.717) is 18.8 Å². The minimum Gasteiger partial charge on any atom is -0.468 e. The summed E-state index contributed by atoms with van der Waals surface area (Å²) in [5.41, 5.74) is 10.8. The van der Waals surface area contributed by atoms with E-state index < -0.39 is 5.54 Å². The number of aryl methyl sites for hydroxylation is 2. The van der Waals surface area contributed by atoms with E-state index >= 15 is 0 Å². The molecule has 3 nitrogen and oxygen atoms in total. The van der Waals surface area contributed by atoms with Crippen LogP contribution in [-0.2, 0) is 11.2 Å². The molecule has 2 aliphatic carbocycles. The molecular weight excluding hydrogens is 238 g/mol. The third kappa shape index (κ3) is 1.71. The van der Waals surface area contributed by atoms with Gasteiger partial charge in [0.15, 0.2) is 0 Å². The number of carbonyl (C=O) groups excluding carboxylic acids is 1. The molecule has 1 aromatic rings. The molecule has 0 aromatic carbocycles. The molecule has 2 unspecified atom stereocenters. The lowest BCUT2D eigenvalue weighted by Crippen LogP contribution is -2.50. The Kier molecular flexibility index (Phi) is 2.72. The van der Waals surface area contributed by atoms with Gasteiger partial charge < -0.3 is 10.2 Å². The zero-order valence-electron chi connectivity index (χ0n) is 11.9. The normalized spacial score (nSPS) is 30.9. The van der Waals surface area contributed by atoms with Gasteiger partial charge in [-0.25, -0.2) is 0 Å². The summed E-state index contributed by atoms with van der Waals surface area (Å²) in [5, 5.41) is 0. The lowest BCUT2D eigenvalue weighted by atomic mass is 9.68. The summed E-state index contributed by atoms with van der Waals surface area (Å²) in [6.45, 7) is 6.27. The summed E-state index contributed by atoms with van der Waals surface area (Å²) >= 11 is 0. The minimum atomic E-state index is -0.515. The van der Waals surface area contributed by atoms with Crippen molar-refractivity contribution in [1.29, 1.82) is 0 Å². The fourth-order valence-electron chi connectivity index (χ4n) is 3.75. The fraction of sp³-hybridized carbons (Fsp3) is 0.562. The van der Waals surface area contributed by atoms with Crippen molar-refractivity contribution in [3.05, 3.63) is 28.7 Å². The third-order valence-corrected chi connectivity index (χ3v) is 4.83. The summed E-state index contributed by atoms with van der Waals surface area (Å²) in [6.07, 6.45) is 4.70. The summed E-state index contributed by atoms with van der Waals surface area (Å²) < 4.78 is 5.71. The van der Waals surface area contributed by atoms with Crippen LogP contribution < -0.4 is 5.73 Å². The Morgan fingerprint density at radius 2 is 2.16 bits per heavy atom. The van der Waals surface area contributed by atoms with Gasteiger partial charge in [-0.15, -0.1) is 0 Å². The first-order valence-corrected chi connectivity index (χ1v) is 7.01. The Hall–Kier alpha value is -1.35. The molecule has 19 heavy (non-hydrogen) atoms. The predicted molar refractivity (Wildman–Crippen MR) is 74.7 cm³/mol. The number of carbonyl (C=O) groups is 1. The molecule has 0 spiro atoms. The number of furan rings is 1. The molecule has 0 bridgehead atoms. The zero-order chi connectivity index (χ0) is 13.8. The molecule has 2 N–H and O–H groups in total.